The summed E-state index contributed by atoms with van der Waals surface area (Å²) >= 11 is 1.43. The van der Waals surface area contributed by atoms with Crippen molar-refractivity contribution >= 4 is 28.8 Å². The Hall–Kier alpha value is -3.20. The molecule has 1 aliphatic carbocycles. The Bertz CT molecular complexity index is 1090. The maximum atomic E-state index is 13.2. The van der Waals surface area contributed by atoms with Crippen LogP contribution in [0.4, 0.5) is 0 Å². The normalized spacial score (nSPS) is 19.1. The van der Waals surface area contributed by atoms with Gasteiger partial charge in [0.2, 0.25) is 5.91 Å². The summed E-state index contributed by atoms with van der Waals surface area (Å²) in [6, 6.07) is 4.88. The first-order chi connectivity index (χ1) is 16.5. The largest absolute Gasteiger partial charge is 0.497 e. The van der Waals surface area contributed by atoms with Crippen molar-refractivity contribution in [2.45, 2.75) is 32.2 Å². The summed E-state index contributed by atoms with van der Waals surface area (Å²) in [5.41, 5.74) is 2.46. The smallest absolute Gasteiger partial charge is 0.338 e. The molecule has 4 rings (SSSR count). The van der Waals surface area contributed by atoms with Crippen LogP contribution >= 0.6 is 11.8 Å². The van der Waals surface area contributed by atoms with Crippen LogP contribution in [-0.4, -0.2) is 49.3 Å². The lowest BCUT2D eigenvalue weighted by Crippen LogP contribution is -2.38. The highest BCUT2D eigenvalue weighted by molar-refractivity contribution is 8.16. The maximum absolute atomic E-state index is 13.2. The number of esters is 1. The van der Waals surface area contributed by atoms with Gasteiger partial charge in [-0.25, -0.2) is 9.79 Å². The van der Waals surface area contributed by atoms with Crippen LogP contribution in [-0.2, 0) is 14.3 Å². The molecule has 8 nitrogen and oxygen atoms in total. The number of nitrogens with one attached hydrogen (secondary N) is 1. The van der Waals surface area contributed by atoms with E-state index in [2.05, 4.69) is 16.9 Å². The number of aliphatic imine (C=N–C) groups is 1. The SMILES string of the molecule is C=CCOC(=O)C1=C(C)N=C2SC=C(CC(=O)NCC3CC3)N2C1c1ccc(OC)cc1OC. The van der Waals surface area contributed by atoms with Gasteiger partial charge in [-0.05, 0) is 43.2 Å². The number of amidine groups is 1. The first-order valence-electron chi connectivity index (χ1n) is 11.2. The van der Waals surface area contributed by atoms with Crippen molar-refractivity contribution in [2.24, 2.45) is 10.9 Å². The average Bonchev–Trinajstić information content (AvgIpc) is 3.60. The van der Waals surface area contributed by atoms with Crippen LogP contribution in [0.25, 0.3) is 0 Å². The number of methoxy groups -OCH3 is 2. The molecular weight excluding hydrogens is 454 g/mol. The lowest BCUT2D eigenvalue weighted by molar-refractivity contribution is -0.138. The number of allylic oxidation sites excluding steroid dienone is 1. The average molecular weight is 484 g/mol. The minimum absolute atomic E-state index is 0.0532. The summed E-state index contributed by atoms with van der Waals surface area (Å²) < 4.78 is 16.5. The number of carbonyl (C=O) groups is 2. The summed E-state index contributed by atoms with van der Waals surface area (Å²) in [4.78, 5) is 32.5. The van der Waals surface area contributed by atoms with E-state index in [1.807, 2.05) is 22.4 Å². The Kier molecular flexibility index (Phi) is 7.31. The maximum Gasteiger partial charge on any atom is 0.338 e. The van der Waals surface area contributed by atoms with Gasteiger partial charge in [0, 0.05) is 23.9 Å². The summed E-state index contributed by atoms with van der Waals surface area (Å²) in [7, 11) is 3.16. The van der Waals surface area contributed by atoms with Crippen molar-refractivity contribution in [3.8, 4) is 11.5 Å². The number of ether oxygens (including phenoxy) is 3. The van der Waals surface area contributed by atoms with Crippen LogP contribution < -0.4 is 14.8 Å². The fourth-order valence-electron chi connectivity index (χ4n) is 3.99. The van der Waals surface area contributed by atoms with E-state index < -0.39 is 12.0 Å². The van der Waals surface area contributed by atoms with Crippen LogP contribution in [0.3, 0.4) is 0 Å². The number of hydrogen-bond acceptors (Lipinski definition) is 8. The molecule has 34 heavy (non-hydrogen) atoms. The molecular formula is C25H29N3O5S. The van der Waals surface area contributed by atoms with Crippen LogP contribution in [0.15, 0.2) is 58.2 Å². The molecule has 2 heterocycles. The van der Waals surface area contributed by atoms with Gasteiger partial charge in [-0.3, -0.25) is 4.79 Å². The number of thioether (sulfide) groups is 1. The Morgan fingerprint density at radius 2 is 2.09 bits per heavy atom. The van der Waals surface area contributed by atoms with Gasteiger partial charge in [-0.15, -0.1) is 0 Å². The summed E-state index contributed by atoms with van der Waals surface area (Å²) in [6.07, 6.45) is 4.04. The van der Waals surface area contributed by atoms with E-state index in [0.717, 1.165) is 11.3 Å². The Labute approximate surface area is 203 Å². The molecule has 1 N–H and O–H groups in total. The predicted octanol–water partition coefficient (Wildman–Crippen LogP) is 3.92. The third kappa shape index (κ3) is 4.99. The molecule has 0 radical (unpaired) electrons. The van der Waals surface area contributed by atoms with Crippen LogP contribution in [0.5, 0.6) is 11.5 Å². The minimum atomic E-state index is -0.580. The van der Waals surface area contributed by atoms with Crippen molar-refractivity contribution in [2.75, 3.05) is 27.4 Å². The number of benzene rings is 1. The topological polar surface area (TPSA) is 89.5 Å². The van der Waals surface area contributed by atoms with Gasteiger partial charge in [-0.1, -0.05) is 24.4 Å². The molecule has 1 amide bonds. The fourth-order valence-corrected chi connectivity index (χ4v) is 4.95. The van der Waals surface area contributed by atoms with Gasteiger partial charge in [0.1, 0.15) is 18.1 Å². The molecule has 1 aromatic carbocycles. The lowest BCUT2D eigenvalue weighted by Gasteiger charge is -2.36. The first kappa shape index (κ1) is 23.9. The van der Waals surface area contributed by atoms with E-state index >= 15 is 0 Å². The van der Waals surface area contributed by atoms with Crippen molar-refractivity contribution in [1.82, 2.24) is 10.2 Å². The van der Waals surface area contributed by atoms with Crippen LogP contribution in [0.2, 0.25) is 0 Å². The first-order valence-corrected chi connectivity index (χ1v) is 12.1. The number of carbonyl (C=O) groups excluding carboxylic acids is 2. The van der Waals surface area contributed by atoms with Crippen molar-refractivity contribution in [3.63, 3.8) is 0 Å². The number of hydrogen-bond donors (Lipinski definition) is 1. The van der Waals surface area contributed by atoms with Crippen LogP contribution in [0.1, 0.15) is 37.8 Å². The van der Waals surface area contributed by atoms with E-state index in [0.29, 0.717) is 40.4 Å². The quantitative estimate of drug-likeness (QED) is 0.398. The summed E-state index contributed by atoms with van der Waals surface area (Å²) in [5, 5.41) is 5.64. The van der Waals surface area contributed by atoms with E-state index in [4.69, 9.17) is 14.2 Å². The van der Waals surface area contributed by atoms with E-state index in [1.54, 1.807) is 27.2 Å². The molecule has 0 bridgehead atoms. The van der Waals surface area contributed by atoms with Gasteiger partial charge < -0.3 is 24.4 Å². The van der Waals surface area contributed by atoms with Gasteiger partial charge in [0.05, 0.1) is 38.0 Å². The fraction of sp³-hybridized carbons (Fsp3) is 0.400. The predicted molar refractivity (Wildman–Crippen MR) is 131 cm³/mol. The number of nitrogens with zero attached hydrogens (tertiary/aromatic N) is 2. The molecule has 0 spiro atoms. The van der Waals surface area contributed by atoms with Gasteiger partial charge >= 0.3 is 5.97 Å². The number of rotatable bonds is 10. The summed E-state index contributed by atoms with van der Waals surface area (Å²) in [6.45, 7) is 6.21. The molecule has 1 unspecified atom stereocenters. The van der Waals surface area contributed by atoms with Gasteiger partial charge in [0.25, 0.3) is 0 Å². The highest BCUT2D eigenvalue weighted by Gasteiger charge is 2.42. The summed E-state index contributed by atoms with van der Waals surface area (Å²) in [5.74, 6) is 1.24. The molecule has 1 atom stereocenters. The molecule has 0 saturated heterocycles. The molecule has 2 aliphatic heterocycles. The second kappa shape index (κ2) is 10.4. The van der Waals surface area contributed by atoms with Crippen molar-refractivity contribution in [1.29, 1.82) is 0 Å². The number of amides is 1. The molecule has 1 saturated carbocycles. The zero-order valence-corrected chi connectivity index (χ0v) is 20.4. The highest BCUT2D eigenvalue weighted by atomic mass is 32.2. The van der Waals surface area contributed by atoms with Gasteiger partial charge in [-0.2, -0.15) is 0 Å². The molecule has 180 valence electrons. The van der Waals surface area contributed by atoms with Crippen molar-refractivity contribution < 1.29 is 23.8 Å². The highest BCUT2D eigenvalue weighted by Crippen LogP contribution is 2.47. The van der Waals surface area contributed by atoms with E-state index in [-0.39, 0.29) is 18.9 Å². The second-order valence-corrected chi connectivity index (χ2v) is 9.15. The zero-order chi connectivity index (χ0) is 24.2. The number of fused-ring (bicyclic) bond motifs is 1. The van der Waals surface area contributed by atoms with Gasteiger partial charge in [0.15, 0.2) is 5.17 Å². The molecule has 1 fully saturated rings. The zero-order valence-electron chi connectivity index (χ0n) is 19.6. The molecule has 0 aromatic heterocycles. The second-order valence-electron chi connectivity index (χ2n) is 8.31. The molecule has 1 aromatic rings. The third-order valence-electron chi connectivity index (χ3n) is 5.91. The molecule has 3 aliphatic rings. The van der Waals surface area contributed by atoms with E-state index in [1.165, 1.54) is 30.7 Å². The standard InChI is InChI=1S/C25H29N3O5S/c1-5-10-33-24(30)22-15(2)27-25-28(17(14-34-25)11-21(29)26-13-16-6-7-16)23(22)19-9-8-18(31-3)12-20(19)32-4/h5,8-9,12,14,16,23H,1,6-7,10-11,13H2,2-4H3,(H,26,29). The monoisotopic (exact) mass is 483 g/mol. The van der Waals surface area contributed by atoms with Crippen LogP contribution in [0, 0.1) is 5.92 Å². The van der Waals surface area contributed by atoms with E-state index in [9.17, 15) is 9.59 Å². The Morgan fingerprint density at radius 3 is 2.76 bits per heavy atom. The minimum Gasteiger partial charge on any atom is -0.497 e. The van der Waals surface area contributed by atoms with Crippen molar-refractivity contribution in [3.05, 3.63) is 58.8 Å². The Balaban J connectivity index is 1.72. The lowest BCUT2D eigenvalue weighted by atomic mass is 9.93. The third-order valence-corrected chi connectivity index (χ3v) is 6.80. The Morgan fingerprint density at radius 1 is 1.29 bits per heavy atom. The molecule has 9 heteroatoms.